The molecule has 1 N–H and O–H groups in total. The van der Waals surface area contributed by atoms with Crippen molar-refractivity contribution in [1.29, 1.82) is 0 Å². The first-order chi connectivity index (χ1) is 16.4. The molecule has 0 spiro atoms. The van der Waals surface area contributed by atoms with Gasteiger partial charge >= 0.3 is 6.18 Å². The van der Waals surface area contributed by atoms with E-state index in [9.17, 15) is 18.3 Å². The van der Waals surface area contributed by atoms with E-state index in [1.54, 1.807) is 7.11 Å². The summed E-state index contributed by atoms with van der Waals surface area (Å²) in [6.45, 7) is 1.46. The Morgan fingerprint density at radius 1 is 1.18 bits per heavy atom. The molecule has 0 amide bonds. The Hall–Kier alpha value is -1.87. The van der Waals surface area contributed by atoms with E-state index in [0.29, 0.717) is 32.5 Å². The van der Waals surface area contributed by atoms with Gasteiger partial charge in [-0.15, -0.1) is 0 Å². The van der Waals surface area contributed by atoms with E-state index in [1.165, 1.54) is 12.1 Å². The molecule has 1 aliphatic carbocycles. The summed E-state index contributed by atoms with van der Waals surface area (Å²) in [6, 6.07) is 4.89. The molecule has 2 aliphatic rings. The van der Waals surface area contributed by atoms with Gasteiger partial charge in [-0.2, -0.15) is 13.2 Å². The first kappa shape index (κ1) is 26.7. The van der Waals surface area contributed by atoms with E-state index in [-0.39, 0.29) is 36.6 Å². The van der Waals surface area contributed by atoms with Crippen LogP contribution in [-0.2, 0) is 20.4 Å². The topological polar surface area (TPSA) is 57.2 Å². The molecule has 2 fully saturated rings. The van der Waals surface area contributed by atoms with Crippen LogP contribution in [0.1, 0.15) is 44.1 Å². The fraction of sp³-hybridized carbons (Fsp3) is 0.615. The second kappa shape index (κ2) is 13.3. The van der Waals surface area contributed by atoms with Crippen LogP contribution in [0, 0.1) is 11.8 Å². The SMILES string of the molecule is COC/C=C\C[C@@H]1[C@@H](/C=C/CCOc2cccc(C(F)(F)F)c2)[C@H](OC2CCCCO2)C[C@@H]1O. The van der Waals surface area contributed by atoms with Gasteiger partial charge in [-0.1, -0.05) is 30.4 Å². The molecule has 1 aromatic carbocycles. The molecule has 3 rings (SSSR count). The maximum Gasteiger partial charge on any atom is 0.416 e. The average Bonchev–Trinajstić information content (AvgIpc) is 3.10. The van der Waals surface area contributed by atoms with E-state index in [0.717, 1.165) is 31.4 Å². The lowest BCUT2D eigenvalue weighted by atomic mass is 9.90. The molecule has 1 saturated heterocycles. The number of methoxy groups -OCH3 is 1. The van der Waals surface area contributed by atoms with Gasteiger partial charge in [0.25, 0.3) is 0 Å². The molecule has 5 atom stereocenters. The van der Waals surface area contributed by atoms with Crippen LogP contribution in [0.2, 0.25) is 0 Å². The lowest BCUT2D eigenvalue weighted by molar-refractivity contribution is -0.193. The van der Waals surface area contributed by atoms with Gasteiger partial charge in [-0.25, -0.2) is 0 Å². The van der Waals surface area contributed by atoms with Crippen LogP contribution in [0.3, 0.4) is 0 Å². The number of aliphatic hydroxyl groups is 1. The molecule has 0 radical (unpaired) electrons. The lowest BCUT2D eigenvalue weighted by Gasteiger charge is -2.29. The molecule has 8 heteroatoms. The molecule has 0 bridgehead atoms. The van der Waals surface area contributed by atoms with Crippen LogP contribution >= 0.6 is 0 Å². The third kappa shape index (κ3) is 8.12. The minimum Gasteiger partial charge on any atom is -0.493 e. The minimum atomic E-state index is -4.40. The Kier molecular flexibility index (Phi) is 10.4. The van der Waals surface area contributed by atoms with Crippen LogP contribution in [0.5, 0.6) is 5.75 Å². The molecule has 1 heterocycles. The Morgan fingerprint density at radius 3 is 2.76 bits per heavy atom. The summed E-state index contributed by atoms with van der Waals surface area (Å²) in [5.74, 6) is 0.194. The van der Waals surface area contributed by atoms with Crippen molar-refractivity contribution >= 4 is 0 Å². The second-order valence-electron chi connectivity index (χ2n) is 8.77. The van der Waals surface area contributed by atoms with E-state index in [1.807, 2.05) is 24.3 Å². The van der Waals surface area contributed by atoms with Gasteiger partial charge < -0.3 is 24.1 Å². The summed E-state index contributed by atoms with van der Waals surface area (Å²) in [5, 5.41) is 10.7. The van der Waals surface area contributed by atoms with Gasteiger partial charge in [-0.05, 0) is 56.2 Å². The summed E-state index contributed by atoms with van der Waals surface area (Å²) in [6.07, 6.45) is 7.42. The molecule has 190 valence electrons. The fourth-order valence-electron chi connectivity index (χ4n) is 4.52. The monoisotopic (exact) mass is 484 g/mol. The van der Waals surface area contributed by atoms with Crippen LogP contribution in [0.4, 0.5) is 13.2 Å². The standard InChI is InChI=1S/C26H35F3O5/c1-31-14-5-2-11-21-22(24(18-23(21)30)34-25-13-4-7-16-33-25)12-3-6-15-32-20-10-8-9-19(17-20)26(27,28)29/h2-3,5,8-10,12,17,21-25,30H,4,6-7,11,13-16,18H2,1H3/b5-2-,12-3+/t21-,22-,23+,24-,25?/m1/s1. The van der Waals surface area contributed by atoms with Crippen molar-refractivity contribution in [1.82, 2.24) is 0 Å². The summed E-state index contributed by atoms with van der Waals surface area (Å²) >= 11 is 0. The second-order valence-corrected chi connectivity index (χ2v) is 8.77. The highest BCUT2D eigenvalue weighted by Crippen LogP contribution is 2.39. The van der Waals surface area contributed by atoms with Crippen molar-refractivity contribution in [2.75, 3.05) is 26.9 Å². The number of rotatable bonds is 11. The van der Waals surface area contributed by atoms with Crippen molar-refractivity contribution in [2.45, 2.75) is 63.2 Å². The maximum atomic E-state index is 12.9. The van der Waals surface area contributed by atoms with E-state index in [2.05, 4.69) is 0 Å². The van der Waals surface area contributed by atoms with Gasteiger partial charge in [-0.3, -0.25) is 0 Å². The van der Waals surface area contributed by atoms with Gasteiger partial charge in [0.1, 0.15) is 5.75 Å². The number of alkyl halides is 3. The van der Waals surface area contributed by atoms with Gasteiger partial charge in [0.15, 0.2) is 6.29 Å². The maximum absolute atomic E-state index is 12.9. The third-order valence-corrected chi connectivity index (χ3v) is 6.27. The number of halogens is 3. The summed E-state index contributed by atoms with van der Waals surface area (Å²) in [7, 11) is 1.63. The van der Waals surface area contributed by atoms with E-state index < -0.39 is 17.8 Å². The molecule has 1 saturated carbocycles. The lowest BCUT2D eigenvalue weighted by Crippen LogP contribution is -2.30. The minimum absolute atomic E-state index is 0.00118. The highest BCUT2D eigenvalue weighted by molar-refractivity contribution is 5.30. The normalized spacial score (nSPS) is 28.2. The Morgan fingerprint density at radius 2 is 2.03 bits per heavy atom. The Bertz CT molecular complexity index is 789. The zero-order valence-corrected chi connectivity index (χ0v) is 19.6. The first-order valence-electron chi connectivity index (χ1n) is 11.9. The van der Waals surface area contributed by atoms with E-state index >= 15 is 0 Å². The molecule has 34 heavy (non-hydrogen) atoms. The molecular formula is C26H35F3O5. The number of hydrogen-bond donors (Lipinski definition) is 1. The van der Waals surface area contributed by atoms with E-state index in [4.69, 9.17) is 18.9 Å². The summed E-state index contributed by atoms with van der Waals surface area (Å²) in [5.41, 5.74) is -0.727. The molecular weight excluding hydrogens is 449 g/mol. The molecule has 1 aromatic rings. The number of ether oxygens (including phenoxy) is 4. The predicted molar refractivity (Wildman–Crippen MR) is 122 cm³/mol. The van der Waals surface area contributed by atoms with Crippen LogP contribution < -0.4 is 4.74 Å². The highest BCUT2D eigenvalue weighted by atomic mass is 19.4. The van der Waals surface area contributed by atoms with Crippen molar-refractivity contribution in [3.8, 4) is 5.75 Å². The Balaban J connectivity index is 1.58. The van der Waals surface area contributed by atoms with Gasteiger partial charge in [0, 0.05) is 26.1 Å². The fourth-order valence-corrected chi connectivity index (χ4v) is 4.52. The van der Waals surface area contributed by atoms with Crippen molar-refractivity contribution in [3.05, 3.63) is 54.1 Å². The van der Waals surface area contributed by atoms with Crippen LogP contribution in [-0.4, -0.2) is 50.5 Å². The third-order valence-electron chi connectivity index (χ3n) is 6.27. The van der Waals surface area contributed by atoms with Crippen molar-refractivity contribution in [3.63, 3.8) is 0 Å². The smallest absolute Gasteiger partial charge is 0.416 e. The van der Waals surface area contributed by atoms with Crippen molar-refractivity contribution in [2.24, 2.45) is 11.8 Å². The van der Waals surface area contributed by atoms with Crippen LogP contribution in [0.15, 0.2) is 48.6 Å². The van der Waals surface area contributed by atoms with Crippen LogP contribution in [0.25, 0.3) is 0 Å². The predicted octanol–water partition coefficient (Wildman–Crippen LogP) is 5.53. The highest BCUT2D eigenvalue weighted by Gasteiger charge is 2.42. The summed E-state index contributed by atoms with van der Waals surface area (Å²) in [4.78, 5) is 0. The van der Waals surface area contributed by atoms with Crippen molar-refractivity contribution < 1.29 is 37.2 Å². The van der Waals surface area contributed by atoms with Gasteiger partial charge in [0.2, 0.25) is 0 Å². The number of allylic oxidation sites excluding steroid dienone is 1. The average molecular weight is 485 g/mol. The molecule has 5 nitrogen and oxygen atoms in total. The first-order valence-corrected chi connectivity index (χ1v) is 11.9. The molecule has 0 aromatic heterocycles. The largest absolute Gasteiger partial charge is 0.493 e. The summed E-state index contributed by atoms with van der Waals surface area (Å²) < 4.78 is 61.2. The molecule has 1 unspecified atom stereocenters. The Labute approximate surface area is 199 Å². The van der Waals surface area contributed by atoms with Gasteiger partial charge in [0.05, 0.1) is 31.0 Å². The quantitative estimate of drug-likeness (QED) is 0.331. The zero-order valence-electron chi connectivity index (χ0n) is 19.6. The number of aliphatic hydroxyl groups excluding tert-OH is 1. The number of benzene rings is 1. The zero-order chi connectivity index (χ0) is 24.4. The number of hydrogen-bond acceptors (Lipinski definition) is 5. The molecule has 1 aliphatic heterocycles.